The molecule has 0 aliphatic carbocycles. The van der Waals surface area contributed by atoms with Gasteiger partial charge in [-0.3, -0.25) is 19.6 Å². The largest absolute Gasteiger partial charge is 0.324 e. The molecule has 0 radical (unpaired) electrons. The third-order valence-corrected chi connectivity index (χ3v) is 4.76. The van der Waals surface area contributed by atoms with Gasteiger partial charge in [0.05, 0.1) is 28.2 Å². The molecule has 3 heterocycles. The standard InChI is InChI=1S/C19H23N5O2.3ClH/c1-13-15(5-3-8-21-13)23-17(25)11-19(7-10-20-12-19)18(26)24-16-6-4-9-22-14(16)2;;;/h3-6,8-9,20H,7,10-12H2,1-2H3,(H,23,25)(H,24,26);3*1H. The lowest BCUT2D eigenvalue weighted by Gasteiger charge is -2.26. The number of carbonyl (C=O) groups is 2. The summed E-state index contributed by atoms with van der Waals surface area (Å²) in [5, 5.41) is 9.02. The van der Waals surface area contributed by atoms with Crippen molar-refractivity contribution in [2.75, 3.05) is 23.7 Å². The fraction of sp³-hybridized carbons (Fsp3) is 0.368. The minimum Gasteiger partial charge on any atom is -0.324 e. The van der Waals surface area contributed by atoms with Crippen molar-refractivity contribution in [3.8, 4) is 0 Å². The van der Waals surface area contributed by atoms with E-state index in [0.29, 0.717) is 30.9 Å². The first kappa shape index (κ1) is 27.1. The Morgan fingerprint density at radius 2 is 1.55 bits per heavy atom. The summed E-state index contributed by atoms with van der Waals surface area (Å²) >= 11 is 0. The third-order valence-electron chi connectivity index (χ3n) is 4.76. The smallest absolute Gasteiger partial charge is 0.232 e. The lowest BCUT2D eigenvalue weighted by atomic mass is 9.82. The zero-order chi connectivity index (χ0) is 18.6. The van der Waals surface area contributed by atoms with Gasteiger partial charge >= 0.3 is 0 Å². The van der Waals surface area contributed by atoms with Crippen LogP contribution < -0.4 is 16.0 Å². The lowest BCUT2D eigenvalue weighted by Crippen LogP contribution is -2.41. The maximum Gasteiger partial charge on any atom is 0.232 e. The molecule has 0 bridgehead atoms. The molecule has 1 aliphatic rings. The molecule has 160 valence electrons. The molecule has 1 saturated heterocycles. The number of hydrogen-bond acceptors (Lipinski definition) is 5. The number of halogens is 3. The van der Waals surface area contributed by atoms with Crippen LogP contribution >= 0.6 is 37.2 Å². The summed E-state index contributed by atoms with van der Waals surface area (Å²) in [4.78, 5) is 33.9. The van der Waals surface area contributed by atoms with E-state index in [2.05, 4.69) is 25.9 Å². The van der Waals surface area contributed by atoms with Crippen LogP contribution in [0, 0.1) is 19.3 Å². The number of aromatic nitrogens is 2. The summed E-state index contributed by atoms with van der Waals surface area (Å²) in [6, 6.07) is 7.17. The highest BCUT2D eigenvalue weighted by Gasteiger charge is 2.43. The van der Waals surface area contributed by atoms with Crippen molar-refractivity contribution in [2.24, 2.45) is 5.41 Å². The number of carbonyl (C=O) groups excluding carboxylic acids is 2. The Bertz CT molecular complexity index is 829. The van der Waals surface area contributed by atoms with E-state index in [0.717, 1.165) is 11.4 Å². The number of pyridine rings is 2. The van der Waals surface area contributed by atoms with Crippen LogP contribution in [0.4, 0.5) is 11.4 Å². The second-order valence-electron chi connectivity index (χ2n) is 6.66. The molecular weight excluding hydrogens is 437 g/mol. The van der Waals surface area contributed by atoms with Crippen LogP contribution in [0.5, 0.6) is 0 Å². The van der Waals surface area contributed by atoms with Crippen molar-refractivity contribution in [1.82, 2.24) is 15.3 Å². The molecule has 0 saturated carbocycles. The minimum atomic E-state index is -0.775. The van der Waals surface area contributed by atoms with Crippen LogP contribution in [0.15, 0.2) is 36.7 Å². The topological polar surface area (TPSA) is 96.0 Å². The average Bonchev–Trinajstić information content (AvgIpc) is 3.08. The molecule has 10 heteroatoms. The number of rotatable bonds is 5. The van der Waals surface area contributed by atoms with Crippen molar-refractivity contribution in [2.45, 2.75) is 26.7 Å². The molecule has 1 atom stereocenters. The zero-order valence-corrected chi connectivity index (χ0v) is 18.7. The molecule has 3 N–H and O–H groups in total. The Kier molecular flexibility index (Phi) is 11.1. The minimum absolute atomic E-state index is 0. The highest BCUT2D eigenvalue weighted by molar-refractivity contribution is 6.01. The normalized spacial score (nSPS) is 17.2. The van der Waals surface area contributed by atoms with E-state index in [4.69, 9.17) is 0 Å². The Hall–Kier alpha value is -1.93. The Morgan fingerprint density at radius 1 is 1.00 bits per heavy atom. The van der Waals surface area contributed by atoms with Gasteiger partial charge in [0, 0.05) is 25.4 Å². The Morgan fingerprint density at radius 3 is 2.03 bits per heavy atom. The van der Waals surface area contributed by atoms with Crippen LogP contribution in [-0.4, -0.2) is 34.9 Å². The van der Waals surface area contributed by atoms with Gasteiger partial charge in [-0.25, -0.2) is 0 Å². The predicted octanol–water partition coefficient (Wildman–Crippen LogP) is 3.31. The van der Waals surface area contributed by atoms with Crippen LogP contribution in [0.25, 0.3) is 0 Å². The quantitative estimate of drug-likeness (QED) is 0.633. The molecule has 1 fully saturated rings. The van der Waals surface area contributed by atoms with Gasteiger partial charge in [-0.1, -0.05) is 0 Å². The summed E-state index contributed by atoms with van der Waals surface area (Å²) in [5.74, 6) is -0.348. The maximum absolute atomic E-state index is 13.0. The van der Waals surface area contributed by atoms with Crippen molar-refractivity contribution in [1.29, 1.82) is 0 Å². The molecule has 1 unspecified atom stereocenters. The molecule has 3 rings (SSSR count). The summed E-state index contributed by atoms with van der Waals surface area (Å²) in [5.41, 5.74) is 2.06. The fourth-order valence-corrected chi connectivity index (χ4v) is 3.16. The summed E-state index contributed by atoms with van der Waals surface area (Å²) in [6.45, 7) is 4.85. The van der Waals surface area contributed by atoms with Crippen LogP contribution in [-0.2, 0) is 9.59 Å². The molecule has 2 amide bonds. The van der Waals surface area contributed by atoms with Crippen molar-refractivity contribution in [3.63, 3.8) is 0 Å². The maximum atomic E-state index is 13.0. The number of amides is 2. The summed E-state index contributed by atoms with van der Waals surface area (Å²) < 4.78 is 0. The van der Waals surface area contributed by atoms with Crippen molar-refractivity contribution >= 4 is 60.4 Å². The molecule has 29 heavy (non-hydrogen) atoms. The number of hydrogen-bond donors (Lipinski definition) is 3. The second kappa shape index (κ2) is 11.9. The first-order chi connectivity index (χ1) is 12.5. The Balaban J connectivity index is 0.00000261. The Labute approximate surface area is 189 Å². The lowest BCUT2D eigenvalue weighted by molar-refractivity contribution is -0.129. The van der Waals surface area contributed by atoms with Gasteiger partial charge in [-0.15, -0.1) is 37.2 Å². The van der Waals surface area contributed by atoms with Gasteiger partial charge in [0.1, 0.15) is 0 Å². The average molecular weight is 463 g/mol. The van der Waals surface area contributed by atoms with E-state index in [-0.39, 0.29) is 55.5 Å². The predicted molar refractivity (Wildman–Crippen MR) is 121 cm³/mol. The summed E-state index contributed by atoms with van der Waals surface area (Å²) in [6.07, 6.45) is 4.08. The number of nitrogens with one attached hydrogen (secondary N) is 3. The van der Waals surface area contributed by atoms with E-state index in [9.17, 15) is 9.59 Å². The van der Waals surface area contributed by atoms with Gasteiger partial charge in [-0.2, -0.15) is 0 Å². The SMILES string of the molecule is Cc1ncccc1NC(=O)CC1(C(=O)Nc2cccnc2C)CCNC1.Cl.Cl.Cl. The third kappa shape index (κ3) is 6.54. The summed E-state index contributed by atoms with van der Waals surface area (Å²) in [7, 11) is 0. The number of anilines is 2. The van der Waals surface area contributed by atoms with Crippen molar-refractivity contribution < 1.29 is 9.59 Å². The molecule has 7 nitrogen and oxygen atoms in total. The van der Waals surface area contributed by atoms with Gasteiger partial charge in [0.25, 0.3) is 0 Å². The molecular formula is C19H26Cl3N5O2. The van der Waals surface area contributed by atoms with E-state index in [1.54, 1.807) is 30.6 Å². The van der Waals surface area contributed by atoms with E-state index < -0.39 is 5.41 Å². The highest BCUT2D eigenvalue weighted by Crippen LogP contribution is 2.32. The molecule has 2 aromatic rings. The first-order valence-corrected chi connectivity index (χ1v) is 8.65. The number of nitrogens with zero attached hydrogens (tertiary/aromatic N) is 2. The van der Waals surface area contributed by atoms with Gasteiger partial charge < -0.3 is 16.0 Å². The van der Waals surface area contributed by atoms with Crippen LogP contribution in [0.3, 0.4) is 0 Å². The van der Waals surface area contributed by atoms with Gasteiger partial charge in [0.2, 0.25) is 11.8 Å². The van der Waals surface area contributed by atoms with Crippen LogP contribution in [0.1, 0.15) is 24.2 Å². The van der Waals surface area contributed by atoms with Gasteiger partial charge in [-0.05, 0) is 51.1 Å². The molecule has 1 aliphatic heterocycles. The molecule has 0 spiro atoms. The first-order valence-electron chi connectivity index (χ1n) is 8.65. The van der Waals surface area contributed by atoms with E-state index in [1.807, 2.05) is 19.9 Å². The van der Waals surface area contributed by atoms with Crippen molar-refractivity contribution in [3.05, 3.63) is 48.0 Å². The highest BCUT2D eigenvalue weighted by atomic mass is 35.5. The van der Waals surface area contributed by atoms with Gasteiger partial charge in [0.15, 0.2) is 0 Å². The molecule has 2 aromatic heterocycles. The fourth-order valence-electron chi connectivity index (χ4n) is 3.16. The monoisotopic (exact) mass is 461 g/mol. The van der Waals surface area contributed by atoms with Crippen LogP contribution in [0.2, 0.25) is 0 Å². The number of aryl methyl sites for hydroxylation is 2. The second-order valence-corrected chi connectivity index (χ2v) is 6.66. The van der Waals surface area contributed by atoms with E-state index >= 15 is 0 Å². The molecule has 0 aromatic carbocycles. The zero-order valence-electron chi connectivity index (χ0n) is 16.2. The van der Waals surface area contributed by atoms with E-state index in [1.165, 1.54) is 0 Å².